The Morgan fingerprint density at radius 1 is 1.11 bits per heavy atom. The second-order valence-corrected chi connectivity index (χ2v) is 9.92. The fourth-order valence-electron chi connectivity index (χ4n) is 3.70. The Morgan fingerprint density at radius 2 is 1.74 bits per heavy atom. The van der Waals surface area contributed by atoms with Crippen LogP contribution in [0.25, 0.3) is 0 Å². The third kappa shape index (κ3) is 6.02. The maximum atomic E-state index is 12.5. The first kappa shape index (κ1) is 21.9. The number of nitrogens with two attached hydrogens (primary N) is 1. The Bertz CT molecular complexity index is 731. The summed E-state index contributed by atoms with van der Waals surface area (Å²) in [5, 5.41) is 5.07. The average Bonchev–Trinajstić information content (AvgIpc) is 2.58. The van der Waals surface area contributed by atoms with Crippen LogP contribution in [0.4, 0.5) is 5.69 Å². The second-order valence-electron chi connectivity index (χ2n) is 8.20. The van der Waals surface area contributed by atoms with Gasteiger partial charge in [0.1, 0.15) is 0 Å². The smallest absolute Gasteiger partial charge is 0.282 e. The Kier molecular flexibility index (Phi) is 7.42. The zero-order valence-electron chi connectivity index (χ0n) is 17.0. The van der Waals surface area contributed by atoms with Gasteiger partial charge in [-0.15, -0.1) is 0 Å². The molecule has 27 heavy (non-hydrogen) atoms. The van der Waals surface area contributed by atoms with Gasteiger partial charge in [-0.2, -0.15) is 0 Å². The standard InChI is InChI=1S/C20H33N3O3S/c1-13(2)23-27(25,26)18-11-9-17(10-12-18)22-20(24)16(5)21-19-8-6-7-14(3)15(19)4/h9-16,19,21,23H,6-8H2,1-5H3,(H,22,24)/p+1/t14-,15+,16-,19+/m0/s1. The van der Waals surface area contributed by atoms with Crippen LogP contribution >= 0.6 is 0 Å². The molecule has 1 aromatic rings. The first-order valence-corrected chi connectivity index (χ1v) is 11.4. The molecular weight excluding hydrogens is 362 g/mol. The third-order valence-corrected chi connectivity index (χ3v) is 7.22. The molecule has 0 spiro atoms. The number of carbonyl (C=O) groups excluding carboxylic acids is 1. The molecule has 152 valence electrons. The molecule has 1 aromatic carbocycles. The van der Waals surface area contributed by atoms with E-state index >= 15 is 0 Å². The molecule has 0 bridgehead atoms. The number of hydrogen-bond donors (Lipinski definition) is 3. The summed E-state index contributed by atoms with van der Waals surface area (Å²) in [6.45, 7) is 10.0. The maximum Gasteiger partial charge on any atom is 0.282 e. The van der Waals surface area contributed by atoms with Crippen molar-refractivity contribution in [3.05, 3.63) is 24.3 Å². The van der Waals surface area contributed by atoms with Gasteiger partial charge in [0.05, 0.1) is 10.9 Å². The van der Waals surface area contributed by atoms with Crippen molar-refractivity contribution >= 4 is 21.6 Å². The lowest BCUT2D eigenvalue weighted by Crippen LogP contribution is -2.97. The number of nitrogens with one attached hydrogen (secondary N) is 2. The minimum absolute atomic E-state index is 0.0589. The molecule has 6 nitrogen and oxygen atoms in total. The van der Waals surface area contributed by atoms with E-state index in [1.165, 1.54) is 25.0 Å². The summed E-state index contributed by atoms with van der Waals surface area (Å²) in [4.78, 5) is 12.7. The summed E-state index contributed by atoms with van der Waals surface area (Å²) in [7, 11) is -3.52. The van der Waals surface area contributed by atoms with Crippen LogP contribution in [0.15, 0.2) is 29.2 Å². The highest BCUT2D eigenvalue weighted by Gasteiger charge is 2.32. The third-order valence-electron chi connectivity index (χ3n) is 5.54. The predicted molar refractivity (Wildman–Crippen MR) is 108 cm³/mol. The van der Waals surface area contributed by atoms with E-state index in [4.69, 9.17) is 0 Å². The van der Waals surface area contributed by atoms with Crippen molar-refractivity contribution in [1.82, 2.24) is 4.72 Å². The first-order valence-electron chi connectivity index (χ1n) is 9.88. The van der Waals surface area contributed by atoms with Gasteiger partial charge in [0.2, 0.25) is 10.0 Å². The van der Waals surface area contributed by atoms with Gasteiger partial charge in [-0.05, 0) is 70.2 Å². The minimum atomic E-state index is -3.52. The van der Waals surface area contributed by atoms with Gasteiger partial charge < -0.3 is 10.6 Å². The van der Waals surface area contributed by atoms with E-state index in [0.29, 0.717) is 23.6 Å². The van der Waals surface area contributed by atoms with Crippen LogP contribution < -0.4 is 15.4 Å². The highest BCUT2D eigenvalue weighted by Crippen LogP contribution is 2.27. The number of sulfonamides is 1. The minimum Gasteiger partial charge on any atom is -0.334 e. The van der Waals surface area contributed by atoms with Crippen LogP contribution in [-0.2, 0) is 14.8 Å². The van der Waals surface area contributed by atoms with E-state index in [9.17, 15) is 13.2 Å². The number of carbonyl (C=O) groups is 1. The van der Waals surface area contributed by atoms with E-state index in [1.54, 1.807) is 26.0 Å². The summed E-state index contributed by atoms with van der Waals surface area (Å²) in [5.41, 5.74) is 0.605. The molecule has 1 saturated carbocycles. The molecule has 1 aliphatic rings. The van der Waals surface area contributed by atoms with Crippen molar-refractivity contribution in [3.63, 3.8) is 0 Å². The topological polar surface area (TPSA) is 91.9 Å². The molecule has 4 N–H and O–H groups in total. The number of hydrogen-bond acceptors (Lipinski definition) is 3. The van der Waals surface area contributed by atoms with Crippen LogP contribution in [0.2, 0.25) is 0 Å². The summed E-state index contributed by atoms with van der Waals surface area (Å²) in [5.74, 6) is 1.24. The molecule has 0 saturated heterocycles. The fraction of sp³-hybridized carbons (Fsp3) is 0.650. The Balaban J connectivity index is 1.95. The van der Waals surface area contributed by atoms with Crippen LogP contribution in [0.5, 0.6) is 0 Å². The molecule has 1 fully saturated rings. The number of rotatable bonds is 7. The molecule has 0 aliphatic heterocycles. The number of benzene rings is 1. The van der Waals surface area contributed by atoms with Gasteiger partial charge in [0, 0.05) is 17.6 Å². The van der Waals surface area contributed by atoms with Crippen LogP contribution in [0, 0.1) is 11.8 Å². The van der Waals surface area contributed by atoms with Crippen LogP contribution in [-0.4, -0.2) is 32.5 Å². The van der Waals surface area contributed by atoms with Crippen molar-refractivity contribution < 1.29 is 18.5 Å². The lowest BCUT2D eigenvalue weighted by atomic mass is 9.78. The van der Waals surface area contributed by atoms with Gasteiger partial charge in [-0.25, -0.2) is 13.1 Å². The van der Waals surface area contributed by atoms with Crippen molar-refractivity contribution in [2.24, 2.45) is 11.8 Å². The highest BCUT2D eigenvalue weighted by atomic mass is 32.2. The van der Waals surface area contributed by atoms with Crippen LogP contribution in [0.1, 0.15) is 53.9 Å². The van der Waals surface area contributed by atoms with Gasteiger partial charge in [0.25, 0.3) is 5.91 Å². The molecule has 2 rings (SSSR count). The zero-order valence-corrected chi connectivity index (χ0v) is 17.8. The van der Waals surface area contributed by atoms with Gasteiger partial charge in [-0.3, -0.25) is 4.79 Å². The first-order chi connectivity index (χ1) is 12.6. The van der Waals surface area contributed by atoms with Gasteiger partial charge >= 0.3 is 0 Å². The summed E-state index contributed by atoms with van der Waals surface area (Å²) in [6.07, 6.45) is 3.65. The molecule has 0 heterocycles. The van der Waals surface area contributed by atoms with E-state index in [0.717, 1.165) is 6.42 Å². The normalized spacial score (nSPS) is 24.6. The fourth-order valence-corrected chi connectivity index (χ4v) is 4.96. The molecule has 1 amide bonds. The van der Waals surface area contributed by atoms with E-state index in [1.807, 2.05) is 6.92 Å². The molecule has 4 atom stereocenters. The summed E-state index contributed by atoms with van der Waals surface area (Å²) in [6, 6.07) is 6.41. The zero-order chi connectivity index (χ0) is 20.2. The summed E-state index contributed by atoms with van der Waals surface area (Å²) < 4.78 is 26.9. The monoisotopic (exact) mass is 396 g/mol. The number of quaternary nitrogens is 1. The molecule has 1 aliphatic carbocycles. The summed E-state index contributed by atoms with van der Waals surface area (Å²) >= 11 is 0. The average molecular weight is 397 g/mol. The SMILES string of the molecule is CC(C)NS(=O)(=O)c1ccc(NC(=O)[C@H](C)[NH2+][C@@H]2CCC[C@H](C)[C@H]2C)cc1. The molecule has 0 unspecified atom stereocenters. The molecular formula is C20H34N3O3S+. The number of amides is 1. The Labute approximate surface area is 163 Å². The van der Waals surface area contributed by atoms with Gasteiger partial charge in [-0.1, -0.05) is 13.8 Å². The van der Waals surface area contributed by atoms with Crippen molar-refractivity contribution in [3.8, 4) is 0 Å². The lowest BCUT2D eigenvalue weighted by Gasteiger charge is -2.33. The highest BCUT2D eigenvalue weighted by molar-refractivity contribution is 7.89. The maximum absolute atomic E-state index is 12.5. The van der Waals surface area contributed by atoms with Crippen LogP contribution in [0.3, 0.4) is 0 Å². The Hall–Kier alpha value is -1.44. The molecule has 0 radical (unpaired) electrons. The second kappa shape index (κ2) is 9.17. The van der Waals surface area contributed by atoms with E-state index in [-0.39, 0.29) is 22.9 Å². The van der Waals surface area contributed by atoms with Crippen molar-refractivity contribution in [2.45, 2.75) is 76.9 Å². The van der Waals surface area contributed by atoms with Crippen molar-refractivity contribution in [2.75, 3.05) is 5.32 Å². The quantitative estimate of drug-likeness (QED) is 0.659. The molecule has 7 heteroatoms. The Morgan fingerprint density at radius 3 is 2.33 bits per heavy atom. The molecule has 0 aromatic heterocycles. The van der Waals surface area contributed by atoms with E-state index in [2.05, 4.69) is 29.2 Å². The predicted octanol–water partition coefficient (Wildman–Crippen LogP) is 2.09. The largest absolute Gasteiger partial charge is 0.334 e. The van der Waals surface area contributed by atoms with E-state index < -0.39 is 10.0 Å². The number of anilines is 1. The van der Waals surface area contributed by atoms with Gasteiger partial charge in [0.15, 0.2) is 6.04 Å². The lowest BCUT2D eigenvalue weighted by molar-refractivity contribution is -0.715. The van der Waals surface area contributed by atoms with Crippen molar-refractivity contribution in [1.29, 1.82) is 0 Å².